The van der Waals surface area contributed by atoms with Gasteiger partial charge in [-0.3, -0.25) is 14.4 Å². The minimum absolute atomic E-state index is 0.0354. The van der Waals surface area contributed by atoms with Gasteiger partial charge in [0.2, 0.25) is 5.91 Å². The SMILES string of the molecule is CCOC(=O)CNC(=O)[C@@H](C)CSSC[C@H](NC(=O)OC(C)(C)C)C(=O)CCC(C)=O. The van der Waals surface area contributed by atoms with Crippen molar-refractivity contribution in [2.24, 2.45) is 5.92 Å². The number of Topliss-reactive ketones (excluding diaryl/α,β-unsaturated/α-hetero) is 2. The molecule has 0 aliphatic heterocycles. The molecular weight excluding hydrogens is 444 g/mol. The molecule has 0 fully saturated rings. The van der Waals surface area contributed by atoms with Gasteiger partial charge in [-0.15, -0.1) is 0 Å². The number of carbonyl (C=O) groups excluding carboxylic acids is 5. The second kappa shape index (κ2) is 15.1. The van der Waals surface area contributed by atoms with Gasteiger partial charge in [0.05, 0.1) is 6.61 Å². The van der Waals surface area contributed by atoms with Crippen molar-refractivity contribution in [1.29, 1.82) is 0 Å². The van der Waals surface area contributed by atoms with Crippen LogP contribution in [-0.2, 0) is 28.7 Å². The van der Waals surface area contributed by atoms with Gasteiger partial charge in [0.15, 0.2) is 5.78 Å². The van der Waals surface area contributed by atoms with Crippen molar-refractivity contribution < 1.29 is 33.4 Å². The van der Waals surface area contributed by atoms with E-state index in [-0.39, 0.29) is 55.1 Å². The van der Waals surface area contributed by atoms with Crippen LogP contribution in [0.15, 0.2) is 0 Å². The van der Waals surface area contributed by atoms with Crippen LogP contribution in [0.3, 0.4) is 0 Å². The number of ketones is 2. The molecule has 0 saturated heterocycles. The Morgan fingerprint density at radius 3 is 2.16 bits per heavy atom. The van der Waals surface area contributed by atoms with Crippen molar-refractivity contribution in [2.45, 2.75) is 66.0 Å². The highest BCUT2D eigenvalue weighted by Gasteiger charge is 2.25. The fourth-order valence-corrected chi connectivity index (χ4v) is 4.58. The summed E-state index contributed by atoms with van der Waals surface area (Å²) in [5, 5.41) is 5.08. The third-order valence-electron chi connectivity index (χ3n) is 3.60. The van der Waals surface area contributed by atoms with Gasteiger partial charge in [-0.2, -0.15) is 0 Å². The van der Waals surface area contributed by atoms with E-state index in [2.05, 4.69) is 10.6 Å². The lowest BCUT2D eigenvalue weighted by atomic mass is 10.1. The van der Waals surface area contributed by atoms with Crippen LogP contribution in [0.25, 0.3) is 0 Å². The van der Waals surface area contributed by atoms with Crippen LogP contribution in [0.1, 0.15) is 54.4 Å². The van der Waals surface area contributed by atoms with E-state index in [0.29, 0.717) is 5.75 Å². The Morgan fingerprint density at radius 1 is 1.00 bits per heavy atom. The number of rotatable bonds is 14. The Bertz CT molecular complexity index is 636. The van der Waals surface area contributed by atoms with Crippen LogP contribution >= 0.6 is 21.6 Å². The van der Waals surface area contributed by atoms with E-state index in [9.17, 15) is 24.0 Å². The third-order valence-corrected chi connectivity index (χ3v) is 6.19. The first-order valence-corrected chi connectivity index (χ1v) is 12.5. The van der Waals surface area contributed by atoms with Gasteiger partial charge in [-0.25, -0.2) is 4.79 Å². The molecule has 0 aliphatic carbocycles. The normalized spacial score (nSPS) is 13.0. The van der Waals surface area contributed by atoms with E-state index >= 15 is 0 Å². The molecule has 0 aromatic heterocycles. The number of nitrogens with one attached hydrogen (secondary N) is 2. The average molecular weight is 479 g/mol. The van der Waals surface area contributed by atoms with Crippen molar-refractivity contribution in [3.05, 3.63) is 0 Å². The Balaban J connectivity index is 4.57. The number of amides is 2. The quantitative estimate of drug-likeness (QED) is 0.220. The summed E-state index contributed by atoms with van der Waals surface area (Å²) in [5.74, 6) is -0.786. The van der Waals surface area contributed by atoms with Gasteiger partial charge in [0, 0.05) is 30.3 Å². The van der Waals surface area contributed by atoms with Gasteiger partial charge >= 0.3 is 12.1 Å². The van der Waals surface area contributed by atoms with Crippen molar-refractivity contribution in [1.82, 2.24) is 10.6 Å². The van der Waals surface area contributed by atoms with Crippen molar-refractivity contribution in [3.63, 3.8) is 0 Å². The highest BCUT2D eigenvalue weighted by molar-refractivity contribution is 8.76. The fourth-order valence-electron chi connectivity index (χ4n) is 2.03. The van der Waals surface area contributed by atoms with E-state index in [4.69, 9.17) is 9.47 Å². The van der Waals surface area contributed by atoms with Crippen molar-refractivity contribution >= 4 is 51.1 Å². The smallest absolute Gasteiger partial charge is 0.408 e. The van der Waals surface area contributed by atoms with Gasteiger partial charge in [0.25, 0.3) is 0 Å². The zero-order valence-electron chi connectivity index (χ0n) is 19.1. The summed E-state index contributed by atoms with van der Waals surface area (Å²) in [6, 6.07) is -0.806. The maximum atomic E-state index is 12.4. The molecular formula is C20H34N2O7S2. The molecule has 0 saturated carbocycles. The second-order valence-electron chi connectivity index (χ2n) is 7.86. The molecule has 2 atom stereocenters. The van der Waals surface area contributed by atoms with Crippen molar-refractivity contribution in [3.8, 4) is 0 Å². The van der Waals surface area contributed by atoms with Gasteiger partial charge in [-0.05, 0) is 34.6 Å². The monoisotopic (exact) mass is 478 g/mol. The van der Waals surface area contributed by atoms with Crippen LogP contribution in [0.2, 0.25) is 0 Å². The number of alkyl carbamates (subject to hydrolysis) is 1. The molecule has 31 heavy (non-hydrogen) atoms. The Labute approximate surface area is 191 Å². The second-order valence-corrected chi connectivity index (χ2v) is 10.4. The zero-order valence-corrected chi connectivity index (χ0v) is 20.7. The molecule has 11 heteroatoms. The van der Waals surface area contributed by atoms with E-state index in [1.165, 1.54) is 28.5 Å². The van der Waals surface area contributed by atoms with Crippen LogP contribution in [0, 0.1) is 5.92 Å². The molecule has 0 unspecified atom stereocenters. The molecule has 0 aromatic carbocycles. The van der Waals surface area contributed by atoms with Gasteiger partial charge in [0.1, 0.15) is 24.0 Å². The maximum absolute atomic E-state index is 12.4. The van der Waals surface area contributed by atoms with Crippen LogP contribution in [0.4, 0.5) is 4.79 Å². The highest BCUT2D eigenvalue weighted by atomic mass is 33.1. The first kappa shape index (κ1) is 29.2. The number of hydrogen-bond acceptors (Lipinski definition) is 9. The molecule has 178 valence electrons. The van der Waals surface area contributed by atoms with E-state index in [1.807, 2.05) is 0 Å². The molecule has 0 radical (unpaired) electrons. The lowest BCUT2D eigenvalue weighted by molar-refractivity contribution is -0.143. The van der Waals surface area contributed by atoms with Gasteiger partial charge in [-0.1, -0.05) is 28.5 Å². The van der Waals surface area contributed by atoms with Crippen LogP contribution in [0.5, 0.6) is 0 Å². The number of esters is 1. The molecule has 0 spiro atoms. The summed E-state index contributed by atoms with van der Waals surface area (Å²) in [7, 11) is 2.70. The Hall–Kier alpha value is -1.75. The third kappa shape index (κ3) is 15.7. The highest BCUT2D eigenvalue weighted by Crippen LogP contribution is 2.25. The first-order valence-electron chi connectivity index (χ1n) is 10.0. The van der Waals surface area contributed by atoms with Crippen LogP contribution in [-0.4, -0.2) is 65.8 Å². The lowest BCUT2D eigenvalue weighted by Crippen LogP contribution is -2.45. The Kier molecular flexibility index (Phi) is 14.3. The summed E-state index contributed by atoms with van der Waals surface area (Å²) in [6.45, 7) is 10.0. The zero-order chi connectivity index (χ0) is 24.0. The van der Waals surface area contributed by atoms with Gasteiger partial charge < -0.3 is 24.9 Å². The number of ether oxygens (including phenoxy) is 2. The average Bonchev–Trinajstić information content (AvgIpc) is 2.64. The maximum Gasteiger partial charge on any atom is 0.408 e. The summed E-state index contributed by atoms with van der Waals surface area (Å²) in [4.78, 5) is 59.0. The van der Waals surface area contributed by atoms with Crippen molar-refractivity contribution in [2.75, 3.05) is 24.7 Å². The summed E-state index contributed by atoms with van der Waals surface area (Å²) in [6.07, 6.45) is -0.555. The standard InChI is InChI=1S/C20H34N2O7S2/c1-7-28-17(25)10-21-18(26)13(2)11-30-31-12-15(16(24)9-8-14(3)23)22-19(27)29-20(4,5)6/h13,15H,7-12H2,1-6H3,(H,21,26)(H,22,27)/t13-,15-/m0/s1. The predicted molar refractivity (Wildman–Crippen MR) is 122 cm³/mol. The molecule has 2 N–H and O–H groups in total. The number of carbonyl (C=O) groups is 5. The van der Waals surface area contributed by atoms with E-state index in [1.54, 1.807) is 34.6 Å². The molecule has 0 rings (SSSR count). The predicted octanol–water partition coefficient (Wildman–Crippen LogP) is 2.51. The summed E-state index contributed by atoms with van der Waals surface area (Å²) in [5.41, 5.74) is -0.703. The topological polar surface area (TPSA) is 128 Å². The largest absolute Gasteiger partial charge is 0.465 e. The van der Waals surface area contributed by atoms with E-state index < -0.39 is 23.7 Å². The molecule has 0 aliphatic rings. The molecule has 0 aromatic rings. The summed E-state index contributed by atoms with van der Waals surface area (Å²) < 4.78 is 9.96. The molecule has 9 nitrogen and oxygen atoms in total. The fraction of sp³-hybridized carbons (Fsp3) is 0.750. The van der Waals surface area contributed by atoms with E-state index in [0.717, 1.165) is 0 Å². The minimum atomic E-state index is -0.806. The first-order chi connectivity index (χ1) is 14.4. The van der Waals surface area contributed by atoms with Crippen LogP contribution < -0.4 is 10.6 Å². The lowest BCUT2D eigenvalue weighted by Gasteiger charge is -2.23. The molecule has 2 amide bonds. The summed E-state index contributed by atoms with van der Waals surface area (Å²) >= 11 is 0. The number of hydrogen-bond donors (Lipinski definition) is 2. The Morgan fingerprint density at radius 2 is 1.61 bits per heavy atom. The molecule has 0 bridgehead atoms. The minimum Gasteiger partial charge on any atom is -0.465 e. The molecule has 0 heterocycles.